The maximum Gasteiger partial charge on any atom is 0.282 e. The summed E-state index contributed by atoms with van der Waals surface area (Å²) in [5.74, 6) is -0.628. The maximum absolute atomic E-state index is 11.6. The SMILES string of the molecule is [C-]#[N+]/C(Cl)=C(/C)F. The van der Waals surface area contributed by atoms with E-state index in [9.17, 15) is 4.39 Å². The predicted octanol–water partition coefficient (Wildman–Crippen LogP) is 2.30. The summed E-state index contributed by atoms with van der Waals surface area (Å²) in [5, 5.41) is -0.389. The molecule has 0 fully saturated rings. The third kappa shape index (κ3) is 2.18. The van der Waals surface area contributed by atoms with Crippen molar-refractivity contribution in [2.24, 2.45) is 0 Å². The molecule has 0 heterocycles. The summed E-state index contributed by atoms with van der Waals surface area (Å²) in [6.07, 6.45) is 0. The Kier molecular flexibility index (Phi) is 2.39. The average molecular weight is 120 g/mol. The van der Waals surface area contributed by atoms with Crippen LogP contribution >= 0.6 is 11.6 Å². The number of allylic oxidation sites excluding steroid dienone is 1. The molecule has 3 heteroatoms. The average Bonchev–Trinajstić information content (AvgIpc) is 1.65. The summed E-state index contributed by atoms with van der Waals surface area (Å²) >= 11 is 4.95. The lowest BCUT2D eigenvalue weighted by atomic mass is 10.7. The van der Waals surface area contributed by atoms with E-state index in [0.29, 0.717) is 0 Å². The quantitative estimate of drug-likeness (QED) is 0.341. The number of halogens is 2. The third-order valence-corrected chi connectivity index (χ3v) is 0.727. The van der Waals surface area contributed by atoms with Crippen LogP contribution in [-0.2, 0) is 0 Å². The van der Waals surface area contributed by atoms with E-state index in [1.807, 2.05) is 0 Å². The zero-order chi connectivity index (χ0) is 5.86. The lowest BCUT2D eigenvalue weighted by Gasteiger charge is -1.78. The molecule has 0 radical (unpaired) electrons. The lowest BCUT2D eigenvalue weighted by Crippen LogP contribution is -1.60. The van der Waals surface area contributed by atoms with Crippen LogP contribution in [0.1, 0.15) is 6.92 Å². The molecule has 0 aliphatic carbocycles. The van der Waals surface area contributed by atoms with Crippen molar-refractivity contribution in [3.63, 3.8) is 0 Å². The van der Waals surface area contributed by atoms with Gasteiger partial charge in [-0.05, 0) is 6.92 Å². The van der Waals surface area contributed by atoms with Crippen molar-refractivity contribution in [2.75, 3.05) is 0 Å². The first-order valence-electron chi connectivity index (χ1n) is 1.58. The van der Waals surface area contributed by atoms with Gasteiger partial charge in [0.2, 0.25) is 0 Å². The first-order chi connectivity index (χ1) is 3.18. The summed E-state index contributed by atoms with van der Waals surface area (Å²) in [6.45, 7) is 7.27. The summed E-state index contributed by atoms with van der Waals surface area (Å²) in [4.78, 5) is 2.61. The van der Waals surface area contributed by atoms with E-state index in [2.05, 4.69) is 4.85 Å². The minimum Gasteiger partial charge on any atom is -0.224 e. The number of hydrogen-bond acceptors (Lipinski definition) is 0. The molecule has 0 saturated carbocycles. The fraction of sp³-hybridized carbons (Fsp3) is 0.250. The molecule has 0 aromatic heterocycles. The third-order valence-electron chi connectivity index (χ3n) is 0.382. The molecule has 0 atom stereocenters. The van der Waals surface area contributed by atoms with Crippen LogP contribution in [0.25, 0.3) is 4.85 Å². The van der Waals surface area contributed by atoms with Gasteiger partial charge in [0, 0.05) is 0 Å². The minimum absolute atomic E-state index is 0.389. The van der Waals surface area contributed by atoms with Crippen molar-refractivity contribution in [3.05, 3.63) is 22.4 Å². The Balaban J connectivity index is 4.07. The molecule has 0 amide bonds. The van der Waals surface area contributed by atoms with Crippen molar-refractivity contribution >= 4 is 11.6 Å². The highest BCUT2D eigenvalue weighted by atomic mass is 35.5. The standard InChI is InChI=1S/C4H3ClFN/c1-3(6)4(5)7-2/h1H3/b4-3-. The Morgan fingerprint density at radius 2 is 2.29 bits per heavy atom. The second kappa shape index (κ2) is 2.59. The lowest BCUT2D eigenvalue weighted by molar-refractivity contribution is 0.637. The number of rotatable bonds is 0. The molecule has 0 rings (SSSR count). The Morgan fingerprint density at radius 1 is 1.86 bits per heavy atom. The largest absolute Gasteiger partial charge is 0.282 e. The summed E-state index contributed by atoms with van der Waals surface area (Å²) in [7, 11) is 0. The molecule has 0 unspecified atom stereocenters. The zero-order valence-corrected chi connectivity index (χ0v) is 4.46. The van der Waals surface area contributed by atoms with Crippen molar-refractivity contribution in [2.45, 2.75) is 6.92 Å². The first-order valence-corrected chi connectivity index (χ1v) is 1.95. The predicted molar refractivity (Wildman–Crippen MR) is 26.3 cm³/mol. The fourth-order valence-corrected chi connectivity index (χ4v) is 0.0770. The molecule has 0 saturated heterocycles. The second-order valence-corrected chi connectivity index (χ2v) is 1.29. The van der Waals surface area contributed by atoms with Crippen LogP contribution in [0.3, 0.4) is 0 Å². The van der Waals surface area contributed by atoms with E-state index in [1.165, 1.54) is 0 Å². The van der Waals surface area contributed by atoms with Crippen molar-refractivity contribution in [3.8, 4) is 0 Å². The van der Waals surface area contributed by atoms with Crippen LogP contribution in [0, 0.1) is 6.57 Å². The van der Waals surface area contributed by atoms with Crippen LogP contribution in [0.15, 0.2) is 11.0 Å². The topological polar surface area (TPSA) is 4.36 Å². The van der Waals surface area contributed by atoms with Gasteiger partial charge in [-0.3, -0.25) is 0 Å². The Bertz CT molecular complexity index is 129. The van der Waals surface area contributed by atoms with Crippen molar-refractivity contribution in [1.82, 2.24) is 0 Å². The molecule has 38 valence electrons. The minimum atomic E-state index is -0.628. The molecule has 0 aliphatic rings. The van der Waals surface area contributed by atoms with Crippen LogP contribution < -0.4 is 0 Å². The van der Waals surface area contributed by atoms with Gasteiger partial charge >= 0.3 is 0 Å². The molecule has 0 aromatic rings. The van der Waals surface area contributed by atoms with Crippen molar-refractivity contribution < 1.29 is 4.39 Å². The molecule has 0 bridgehead atoms. The molecule has 0 aromatic carbocycles. The summed E-state index contributed by atoms with van der Waals surface area (Å²) in [6, 6.07) is 0. The Labute approximate surface area is 46.2 Å². The molecule has 0 aliphatic heterocycles. The van der Waals surface area contributed by atoms with Gasteiger partial charge in [0.15, 0.2) is 0 Å². The van der Waals surface area contributed by atoms with Gasteiger partial charge in [0.1, 0.15) is 5.83 Å². The number of nitrogens with zero attached hydrogens (tertiary/aromatic N) is 1. The van der Waals surface area contributed by atoms with E-state index < -0.39 is 5.83 Å². The summed E-state index contributed by atoms with van der Waals surface area (Å²) < 4.78 is 11.6. The molecule has 1 nitrogen and oxygen atoms in total. The van der Waals surface area contributed by atoms with Gasteiger partial charge in [-0.2, -0.15) is 0 Å². The second-order valence-electron chi connectivity index (χ2n) is 0.936. The fourth-order valence-electron chi connectivity index (χ4n) is 0.0770. The van der Waals surface area contributed by atoms with Gasteiger partial charge in [0.25, 0.3) is 5.16 Å². The molecular formula is C4H3ClFN. The van der Waals surface area contributed by atoms with E-state index >= 15 is 0 Å². The monoisotopic (exact) mass is 119 g/mol. The maximum atomic E-state index is 11.6. The highest BCUT2D eigenvalue weighted by Gasteiger charge is 1.91. The van der Waals surface area contributed by atoms with Crippen molar-refractivity contribution in [1.29, 1.82) is 0 Å². The molecule has 0 N–H and O–H groups in total. The zero-order valence-electron chi connectivity index (χ0n) is 3.70. The van der Waals surface area contributed by atoms with E-state index in [-0.39, 0.29) is 5.16 Å². The van der Waals surface area contributed by atoms with Gasteiger partial charge in [-0.25, -0.2) is 9.24 Å². The molecule has 7 heavy (non-hydrogen) atoms. The number of hydrogen-bond donors (Lipinski definition) is 0. The van der Waals surface area contributed by atoms with Gasteiger partial charge in [0.05, 0.1) is 6.57 Å². The molecular weight excluding hydrogens is 117 g/mol. The first kappa shape index (κ1) is 6.45. The molecule has 0 spiro atoms. The van der Waals surface area contributed by atoms with Gasteiger partial charge < -0.3 is 0 Å². The van der Waals surface area contributed by atoms with Crippen LogP contribution in [-0.4, -0.2) is 0 Å². The van der Waals surface area contributed by atoms with Crippen LogP contribution in [0.5, 0.6) is 0 Å². The van der Waals surface area contributed by atoms with E-state index in [4.69, 9.17) is 18.2 Å². The smallest absolute Gasteiger partial charge is 0.224 e. The van der Waals surface area contributed by atoms with Crippen LogP contribution in [0.4, 0.5) is 4.39 Å². The highest BCUT2D eigenvalue weighted by Crippen LogP contribution is 2.09. The highest BCUT2D eigenvalue weighted by molar-refractivity contribution is 6.30. The van der Waals surface area contributed by atoms with Gasteiger partial charge in [-0.15, -0.1) is 11.6 Å². The van der Waals surface area contributed by atoms with Gasteiger partial charge in [-0.1, -0.05) is 0 Å². The Hall–Kier alpha value is -0.550. The van der Waals surface area contributed by atoms with E-state index in [0.717, 1.165) is 6.92 Å². The van der Waals surface area contributed by atoms with Crippen LogP contribution in [0.2, 0.25) is 0 Å². The Morgan fingerprint density at radius 3 is 2.29 bits per heavy atom. The van der Waals surface area contributed by atoms with E-state index in [1.54, 1.807) is 0 Å². The summed E-state index contributed by atoms with van der Waals surface area (Å²) in [5.41, 5.74) is 0. The normalized spacial score (nSPS) is 12.3.